The van der Waals surface area contributed by atoms with Crippen LogP contribution in [0.4, 0.5) is 0 Å². The van der Waals surface area contributed by atoms with Crippen molar-refractivity contribution in [1.82, 2.24) is 5.32 Å². The average Bonchev–Trinajstić information content (AvgIpc) is 3.29. The van der Waals surface area contributed by atoms with E-state index < -0.39 is 6.10 Å². The number of benzene rings is 1. The topological polar surface area (TPSA) is 41.5 Å². The Labute approximate surface area is 122 Å². The Balaban J connectivity index is 1.55. The van der Waals surface area contributed by atoms with E-state index >= 15 is 0 Å². The summed E-state index contributed by atoms with van der Waals surface area (Å²) >= 11 is 0. The Bertz CT molecular complexity index is 390. The maximum absolute atomic E-state index is 9.87. The smallest absolute Gasteiger partial charge is 0.119 e. The molecular weight excluding hydrogens is 250 g/mol. The average molecular weight is 277 g/mol. The van der Waals surface area contributed by atoms with E-state index in [1.807, 2.05) is 18.2 Å². The van der Waals surface area contributed by atoms with Gasteiger partial charge in [-0.1, -0.05) is 31.9 Å². The Morgan fingerprint density at radius 1 is 1.40 bits per heavy atom. The van der Waals surface area contributed by atoms with Crippen molar-refractivity contribution >= 4 is 0 Å². The van der Waals surface area contributed by atoms with E-state index in [9.17, 15) is 5.11 Å². The third kappa shape index (κ3) is 5.93. The van der Waals surface area contributed by atoms with Crippen molar-refractivity contribution in [2.45, 2.75) is 45.1 Å². The zero-order valence-electron chi connectivity index (χ0n) is 12.5. The van der Waals surface area contributed by atoms with Crippen molar-refractivity contribution in [1.29, 1.82) is 0 Å². The van der Waals surface area contributed by atoms with Gasteiger partial charge in [0.25, 0.3) is 0 Å². The monoisotopic (exact) mass is 277 g/mol. The normalized spacial score (nSPS) is 16.1. The molecule has 0 aliphatic heterocycles. The van der Waals surface area contributed by atoms with Gasteiger partial charge < -0.3 is 15.2 Å². The van der Waals surface area contributed by atoms with Crippen LogP contribution in [0.2, 0.25) is 0 Å². The van der Waals surface area contributed by atoms with Gasteiger partial charge in [0.1, 0.15) is 18.5 Å². The van der Waals surface area contributed by atoms with Crippen molar-refractivity contribution in [2.75, 3.05) is 19.7 Å². The molecule has 0 bridgehead atoms. The van der Waals surface area contributed by atoms with Crippen LogP contribution in [0.1, 0.15) is 38.2 Å². The molecule has 20 heavy (non-hydrogen) atoms. The third-order valence-corrected chi connectivity index (χ3v) is 3.79. The predicted molar refractivity (Wildman–Crippen MR) is 82.1 cm³/mol. The Morgan fingerprint density at radius 2 is 2.25 bits per heavy atom. The van der Waals surface area contributed by atoms with Crippen molar-refractivity contribution in [3.8, 4) is 5.75 Å². The molecule has 1 aliphatic carbocycles. The molecule has 0 spiro atoms. The fourth-order valence-corrected chi connectivity index (χ4v) is 2.30. The van der Waals surface area contributed by atoms with E-state index in [0.29, 0.717) is 13.2 Å². The number of ether oxygens (including phenoxy) is 1. The third-order valence-electron chi connectivity index (χ3n) is 3.79. The Kier molecular flexibility index (Phi) is 6.34. The van der Waals surface area contributed by atoms with Gasteiger partial charge in [-0.25, -0.2) is 0 Å². The minimum absolute atomic E-state index is 0.350. The zero-order valence-corrected chi connectivity index (χ0v) is 12.5. The molecule has 0 amide bonds. The number of aliphatic hydroxyl groups excluding tert-OH is 1. The van der Waals surface area contributed by atoms with Gasteiger partial charge in [0.05, 0.1) is 0 Å². The summed E-state index contributed by atoms with van der Waals surface area (Å²) in [6.07, 6.45) is 5.96. The highest BCUT2D eigenvalue weighted by Gasteiger charge is 2.19. The van der Waals surface area contributed by atoms with Gasteiger partial charge in [-0.2, -0.15) is 0 Å². The second kappa shape index (κ2) is 8.28. The molecule has 1 saturated carbocycles. The lowest BCUT2D eigenvalue weighted by molar-refractivity contribution is 0.106. The fourth-order valence-electron chi connectivity index (χ4n) is 2.30. The number of rotatable bonds is 10. The SMILES string of the molecule is CCc1cccc(OCC(O)CNCCCC2CC2)c1. The molecule has 1 aromatic carbocycles. The summed E-state index contributed by atoms with van der Waals surface area (Å²) in [6.45, 7) is 4.08. The number of hydrogen-bond donors (Lipinski definition) is 2. The summed E-state index contributed by atoms with van der Waals surface area (Å²) in [5.74, 6) is 1.84. The standard InChI is InChI=1S/C17H27NO2/c1-2-14-5-3-7-17(11-14)20-13-16(19)12-18-10-4-6-15-8-9-15/h3,5,7,11,15-16,18-19H,2,4,6,8-10,12-13H2,1H3. The first kappa shape index (κ1) is 15.3. The summed E-state index contributed by atoms with van der Waals surface area (Å²) in [4.78, 5) is 0. The number of hydrogen-bond acceptors (Lipinski definition) is 3. The summed E-state index contributed by atoms with van der Waals surface area (Å²) in [6, 6.07) is 8.06. The van der Waals surface area contributed by atoms with Crippen LogP contribution in [0.15, 0.2) is 24.3 Å². The highest BCUT2D eigenvalue weighted by atomic mass is 16.5. The van der Waals surface area contributed by atoms with Gasteiger partial charge in [0.15, 0.2) is 0 Å². The van der Waals surface area contributed by atoms with E-state index in [1.165, 1.54) is 31.2 Å². The Morgan fingerprint density at radius 3 is 3.00 bits per heavy atom. The molecular formula is C17H27NO2. The summed E-state index contributed by atoms with van der Waals surface area (Å²) in [5.41, 5.74) is 1.26. The van der Waals surface area contributed by atoms with Gasteiger partial charge >= 0.3 is 0 Å². The Hall–Kier alpha value is -1.06. The van der Waals surface area contributed by atoms with E-state index in [2.05, 4.69) is 18.3 Å². The zero-order chi connectivity index (χ0) is 14.2. The summed E-state index contributed by atoms with van der Waals surface area (Å²) < 4.78 is 5.63. The van der Waals surface area contributed by atoms with Crippen molar-refractivity contribution < 1.29 is 9.84 Å². The number of aliphatic hydroxyl groups is 1. The molecule has 1 unspecified atom stereocenters. The molecule has 3 heteroatoms. The quantitative estimate of drug-likeness (QED) is 0.646. The molecule has 1 aromatic rings. The number of aryl methyl sites for hydroxylation is 1. The van der Waals surface area contributed by atoms with Gasteiger partial charge in [0.2, 0.25) is 0 Å². The van der Waals surface area contributed by atoms with Gasteiger partial charge in [0, 0.05) is 6.54 Å². The molecule has 3 nitrogen and oxygen atoms in total. The maximum Gasteiger partial charge on any atom is 0.119 e. The van der Waals surface area contributed by atoms with Crippen LogP contribution in [-0.4, -0.2) is 30.9 Å². The van der Waals surface area contributed by atoms with Crippen molar-refractivity contribution in [3.63, 3.8) is 0 Å². The molecule has 112 valence electrons. The number of nitrogens with one attached hydrogen (secondary N) is 1. The van der Waals surface area contributed by atoms with Crippen LogP contribution in [0.5, 0.6) is 5.75 Å². The molecule has 1 aliphatic rings. The lowest BCUT2D eigenvalue weighted by atomic mass is 10.2. The minimum atomic E-state index is -0.443. The molecule has 0 saturated heterocycles. The van der Waals surface area contributed by atoms with Crippen LogP contribution >= 0.6 is 0 Å². The van der Waals surface area contributed by atoms with Crippen LogP contribution < -0.4 is 10.1 Å². The van der Waals surface area contributed by atoms with Gasteiger partial charge in [-0.15, -0.1) is 0 Å². The second-order valence-electron chi connectivity index (χ2n) is 5.76. The maximum atomic E-state index is 9.87. The highest BCUT2D eigenvalue weighted by Crippen LogP contribution is 2.33. The van der Waals surface area contributed by atoms with Gasteiger partial charge in [-0.05, 0) is 49.4 Å². The van der Waals surface area contributed by atoms with Crippen LogP contribution in [0, 0.1) is 5.92 Å². The first-order valence-corrected chi connectivity index (χ1v) is 7.88. The van der Waals surface area contributed by atoms with Crippen molar-refractivity contribution in [3.05, 3.63) is 29.8 Å². The fraction of sp³-hybridized carbons (Fsp3) is 0.647. The van der Waals surface area contributed by atoms with Crippen LogP contribution in [-0.2, 0) is 6.42 Å². The molecule has 2 N–H and O–H groups in total. The van der Waals surface area contributed by atoms with Crippen LogP contribution in [0.25, 0.3) is 0 Å². The molecule has 0 radical (unpaired) electrons. The second-order valence-corrected chi connectivity index (χ2v) is 5.76. The molecule has 0 heterocycles. The largest absolute Gasteiger partial charge is 0.491 e. The molecule has 1 atom stereocenters. The lowest BCUT2D eigenvalue weighted by Crippen LogP contribution is -2.32. The molecule has 2 rings (SSSR count). The van der Waals surface area contributed by atoms with E-state index in [4.69, 9.17) is 4.74 Å². The van der Waals surface area contributed by atoms with Crippen LogP contribution in [0.3, 0.4) is 0 Å². The molecule has 1 fully saturated rings. The minimum Gasteiger partial charge on any atom is -0.491 e. The summed E-state index contributed by atoms with van der Waals surface area (Å²) in [5, 5.41) is 13.2. The highest BCUT2D eigenvalue weighted by molar-refractivity contribution is 5.28. The van der Waals surface area contributed by atoms with E-state index in [0.717, 1.165) is 24.6 Å². The molecule has 0 aromatic heterocycles. The summed E-state index contributed by atoms with van der Waals surface area (Å²) in [7, 11) is 0. The first-order valence-electron chi connectivity index (χ1n) is 7.88. The lowest BCUT2D eigenvalue weighted by Gasteiger charge is -2.13. The van der Waals surface area contributed by atoms with Crippen molar-refractivity contribution in [2.24, 2.45) is 5.92 Å². The first-order chi connectivity index (χ1) is 9.78. The van der Waals surface area contributed by atoms with Gasteiger partial charge in [-0.3, -0.25) is 0 Å². The predicted octanol–water partition coefficient (Wildman–Crippen LogP) is 2.77. The van der Waals surface area contributed by atoms with E-state index in [1.54, 1.807) is 0 Å². The van der Waals surface area contributed by atoms with E-state index in [-0.39, 0.29) is 0 Å².